The van der Waals surface area contributed by atoms with Crippen molar-refractivity contribution in [2.75, 3.05) is 4.72 Å². The highest BCUT2D eigenvalue weighted by Gasteiger charge is 2.22. The van der Waals surface area contributed by atoms with Crippen molar-refractivity contribution in [1.82, 2.24) is 4.98 Å². The van der Waals surface area contributed by atoms with Crippen LogP contribution in [0, 0.1) is 0 Å². The van der Waals surface area contributed by atoms with E-state index in [-0.39, 0.29) is 33.5 Å². The highest BCUT2D eigenvalue weighted by Crippen LogP contribution is 2.43. The number of hydrogen-bond donors (Lipinski definition) is 4. The molecule has 4 aromatic rings. The summed E-state index contributed by atoms with van der Waals surface area (Å²) in [4.78, 5) is 16.7. The van der Waals surface area contributed by atoms with E-state index in [1.54, 1.807) is 24.3 Å². The Morgan fingerprint density at radius 3 is 2.57 bits per heavy atom. The van der Waals surface area contributed by atoms with Crippen molar-refractivity contribution in [2.45, 2.75) is 0 Å². The first-order valence-corrected chi connectivity index (χ1v) is 9.95. The molecule has 8 nitrogen and oxygen atoms in total. The van der Waals surface area contributed by atoms with Crippen molar-refractivity contribution in [2.24, 2.45) is 0 Å². The molecule has 0 aliphatic carbocycles. The lowest BCUT2D eigenvalue weighted by Gasteiger charge is -2.14. The van der Waals surface area contributed by atoms with Gasteiger partial charge in [-0.3, -0.25) is 19.1 Å². The third kappa shape index (κ3) is 3.50. The van der Waals surface area contributed by atoms with Crippen LogP contribution >= 0.6 is 11.6 Å². The van der Waals surface area contributed by atoms with Crippen LogP contribution in [0.25, 0.3) is 33.4 Å². The van der Waals surface area contributed by atoms with Crippen molar-refractivity contribution in [3.8, 4) is 33.9 Å². The number of hydrogen-bond acceptors (Lipinski definition) is 6. The van der Waals surface area contributed by atoms with Gasteiger partial charge >= 0.3 is 0 Å². The largest absolute Gasteiger partial charge is 0.507 e. The van der Waals surface area contributed by atoms with Crippen LogP contribution in [0.4, 0.5) is 5.69 Å². The Morgan fingerprint density at radius 1 is 1.07 bits per heavy atom. The second-order valence-corrected chi connectivity index (χ2v) is 7.33. The molecule has 2 heterocycles. The van der Waals surface area contributed by atoms with Crippen LogP contribution in [-0.4, -0.2) is 24.0 Å². The lowest BCUT2D eigenvalue weighted by Crippen LogP contribution is -2.05. The third-order valence-electron chi connectivity index (χ3n) is 4.39. The highest BCUT2D eigenvalue weighted by molar-refractivity contribution is 7.80. The van der Waals surface area contributed by atoms with Gasteiger partial charge in [-0.25, -0.2) is 4.21 Å². The predicted molar refractivity (Wildman–Crippen MR) is 114 cm³/mol. The number of aromatic hydroxyl groups is 2. The number of benzene rings is 2. The van der Waals surface area contributed by atoms with Gasteiger partial charge in [0.15, 0.2) is 11.0 Å². The molecule has 0 saturated heterocycles. The van der Waals surface area contributed by atoms with E-state index in [1.807, 2.05) is 0 Å². The molecule has 4 N–H and O–H groups in total. The molecular weight excluding hydrogens is 432 g/mol. The first-order chi connectivity index (χ1) is 14.4. The number of aromatic nitrogens is 1. The van der Waals surface area contributed by atoms with Crippen LogP contribution in [0.2, 0.25) is 5.02 Å². The number of pyridine rings is 1. The van der Waals surface area contributed by atoms with Crippen LogP contribution in [0.5, 0.6) is 11.5 Å². The number of phenolic OH excluding ortho intramolecular Hbond substituents is 2. The second-order valence-electron chi connectivity index (χ2n) is 6.22. The zero-order valence-corrected chi connectivity index (χ0v) is 16.6. The average Bonchev–Trinajstić information content (AvgIpc) is 2.68. The molecule has 0 radical (unpaired) electrons. The van der Waals surface area contributed by atoms with Gasteiger partial charge in [0, 0.05) is 29.5 Å². The fourth-order valence-corrected chi connectivity index (χ4v) is 3.72. The maximum Gasteiger partial charge on any atom is 0.259 e. The molecule has 0 aliphatic rings. The molecular formula is C20H13ClN2O6S. The standard InChI is InChI=1S/C20H13ClN2O6S/c21-12-4-2-1-3-10(12)17-8-16(26)19-15(25)7-14(24)18(20(19)29-17)11-5-6-22-9-13(11)23-30(27)28/h1-9,23-25H,(H,27,28). The summed E-state index contributed by atoms with van der Waals surface area (Å²) in [6.45, 7) is 0. The molecule has 10 heteroatoms. The maximum absolute atomic E-state index is 12.8. The normalized spacial score (nSPS) is 12.1. The van der Waals surface area contributed by atoms with E-state index in [9.17, 15) is 23.8 Å². The Kier molecular flexibility index (Phi) is 5.17. The highest BCUT2D eigenvalue weighted by atomic mass is 35.5. The van der Waals surface area contributed by atoms with Crippen molar-refractivity contribution in [3.05, 3.63) is 70.1 Å². The zero-order valence-electron chi connectivity index (χ0n) is 15.0. The van der Waals surface area contributed by atoms with Gasteiger partial charge in [0.1, 0.15) is 22.6 Å². The Balaban J connectivity index is 2.10. The molecule has 0 saturated carbocycles. The summed E-state index contributed by atoms with van der Waals surface area (Å²) in [6.07, 6.45) is 2.67. The molecule has 2 aromatic heterocycles. The van der Waals surface area contributed by atoms with Crippen LogP contribution in [0.3, 0.4) is 0 Å². The van der Waals surface area contributed by atoms with Gasteiger partial charge in [-0.2, -0.15) is 0 Å². The summed E-state index contributed by atoms with van der Waals surface area (Å²) in [7, 11) is 0. The second kappa shape index (κ2) is 7.79. The van der Waals surface area contributed by atoms with Gasteiger partial charge < -0.3 is 14.6 Å². The molecule has 30 heavy (non-hydrogen) atoms. The molecule has 0 spiro atoms. The van der Waals surface area contributed by atoms with E-state index in [4.69, 9.17) is 16.0 Å². The summed E-state index contributed by atoms with van der Waals surface area (Å²) in [5.41, 5.74) is 0.133. The quantitative estimate of drug-likeness (QED) is 0.348. The average molecular weight is 445 g/mol. The Hall–Kier alpha value is -3.40. The van der Waals surface area contributed by atoms with E-state index in [0.717, 1.165) is 6.07 Å². The first-order valence-electron chi connectivity index (χ1n) is 8.46. The molecule has 1 unspecified atom stereocenters. The molecule has 0 bridgehead atoms. The minimum absolute atomic E-state index is 0.0316. The van der Waals surface area contributed by atoms with Crippen molar-refractivity contribution in [3.63, 3.8) is 0 Å². The van der Waals surface area contributed by atoms with E-state index < -0.39 is 28.2 Å². The van der Waals surface area contributed by atoms with Gasteiger partial charge in [-0.15, -0.1) is 0 Å². The Morgan fingerprint density at radius 2 is 1.83 bits per heavy atom. The Labute approximate surface area is 176 Å². The molecule has 1 atom stereocenters. The van der Waals surface area contributed by atoms with Crippen LogP contribution in [0.1, 0.15) is 0 Å². The maximum atomic E-state index is 12.8. The fourth-order valence-electron chi connectivity index (χ4n) is 3.14. The number of rotatable bonds is 4. The number of halogens is 1. The summed E-state index contributed by atoms with van der Waals surface area (Å²) in [6, 6.07) is 10.4. The third-order valence-corrected chi connectivity index (χ3v) is 5.11. The zero-order chi connectivity index (χ0) is 21.4. The number of anilines is 1. The number of phenols is 2. The van der Waals surface area contributed by atoms with Gasteiger partial charge in [0.25, 0.3) is 11.3 Å². The van der Waals surface area contributed by atoms with E-state index in [2.05, 4.69) is 9.71 Å². The monoisotopic (exact) mass is 444 g/mol. The molecule has 0 fully saturated rings. The van der Waals surface area contributed by atoms with Crippen molar-refractivity contribution in [1.29, 1.82) is 0 Å². The summed E-state index contributed by atoms with van der Waals surface area (Å²) in [5.74, 6) is -0.754. The van der Waals surface area contributed by atoms with E-state index in [0.29, 0.717) is 10.6 Å². The molecule has 152 valence electrons. The van der Waals surface area contributed by atoms with Crippen molar-refractivity contribution >= 4 is 39.5 Å². The fraction of sp³-hybridized carbons (Fsp3) is 0. The van der Waals surface area contributed by atoms with Gasteiger partial charge in [-0.1, -0.05) is 23.7 Å². The lowest BCUT2D eigenvalue weighted by molar-refractivity contribution is 0.453. The summed E-state index contributed by atoms with van der Waals surface area (Å²) >= 11 is 3.81. The van der Waals surface area contributed by atoms with Crippen LogP contribution in [0.15, 0.2) is 64.1 Å². The number of fused-ring (bicyclic) bond motifs is 1. The molecule has 4 rings (SSSR count). The minimum atomic E-state index is -2.42. The van der Waals surface area contributed by atoms with Gasteiger partial charge in [0.05, 0.1) is 22.5 Å². The predicted octanol–water partition coefficient (Wildman–Crippen LogP) is 4.14. The molecule has 0 aliphatic heterocycles. The minimum Gasteiger partial charge on any atom is -0.507 e. The van der Waals surface area contributed by atoms with Crippen LogP contribution < -0.4 is 10.2 Å². The van der Waals surface area contributed by atoms with Crippen molar-refractivity contribution < 1.29 is 23.4 Å². The summed E-state index contributed by atoms with van der Waals surface area (Å²) < 4.78 is 28.7. The SMILES string of the molecule is O=c1cc(-c2ccccc2Cl)oc2c(-c3ccncc3NS(=O)O)c(O)cc(O)c12. The number of nitrogens with zero attached hydrogens (tertiary/aromatic N) is 1. The van der Waals surface area contributed by atoms with Gasteiger partial charge in [0.2, 0.25) is 0 Å². The number of nitrogens with one attached hydrogen (secondary N) is 1. The van der Waals surface area contributed by atoms with E-state index in [1.165, 1.54) is 24.5 Å². The summed E-state index contributed by atoms with van der Waals surface area (Å²) in [5, 5.41) is 21.0. The van der Waals surface area contributed by atoms with Crippen LogP contribution in [-0.2, 0) is 11.3 Å². The van der Waals surface area contributed by atoms with Gasteiger partial charge in [-0.05, 0) is 18.2 Å². The molecule has 0 amide bonds. The lowest BCUT2D eigenvalue weighted by atomic mass is 10.00. The Bertz CT molecular complexity index is 1370. The smallest absolute Gasteiger partial charge is 0.259 e. The van der Waals surface area contributed by atoms with E-state index >= 15 is 0 Å². The molecule has 2 aromatic carbocycles. The topological polar surface area (TPSA) is 133 Å². The first kappa shape index (κ1) is 19.9.